The molecule has 2 atom stereocenters. The molecule has 53 heavy (non-hydrogen) atoms. The number of nitrogens with two attached hydrogens (primary N) is 1. The van der Waals surface area contributed by atoms with E-state index in [1.165, 1.54) is 0 Å². The summed E-state index contributed by atoms with van der Waals surface area (Å²) >= 11 is 13.8. The van der Waals surface area contributed by atoms with Crippen molar-refractivity contribution in [2.45, 2.75) is 57.3 Å². The number of benzene rings is 3. The lowest BCUT2D eigenvalue weighted by Crippen LogP contribution is -2.37. The van der Waals surface area contributed by atoms with Gasteiger partial charge in [-0.2, -0.15) is 0 Å². The molecule has 0 saturated heterocycles. The van der Waals surface area contributed by atoms with Crippen molar-refractivity contribution in [3.63, 3.8) is 0 Å². The molecule has 0 bridgehead atoms. The number of carboxylic acids is 1. The summed E-state index contributed by atoms with van der Waals surface area (Å²) in [6.07, 6.45) is 2.85. The van der Waals surface area contributed by atoms with Crippen molar-refractivity contribution in [3.8, 4) is 22.6 Å². The molecule has 1 aromatic heterocycles. The maximum atomic E-state index is 13.5. The number of nitrogens with one attached hydrogen (secondary N) is 4. The van der Waals surface area contributed by atoms with Crippen molar-refractivity contribution in [1.82, 2.24) is 25.1 Å². The number of methoxy groups -OCH3 is 1. The first-order valence-electron chi connectivity index (χ1n) is 17.5. The fourth-order valence-corrected chi connectivity index (χ4v) is 7.60. The molecule has 13 nitrogen and oxygen atoms in total. The van der Waals surface area contributed by atoms with Crippen molar-refractivity contribution in [2.24, 2.45) is 12.8 Å². The van der Waals surface area contributed by atoms with Crippen molar-refractivity contribution < 1.29 is 24.2 Å². The second-order valence-electron chi connectivity index (χ2n) is 13.4. The van der Waals surface area contributed by atoms with E-state index in [1.54, 1.807) is 25.3 Å². The van der Waals surface area contributed by atoms with Gasteiger partial charge < -0.3 is 45.7 Å². The minimum Gasteiger partial charge on any atom is -0.496 e. The quantitative estimate of drug-likeness (QED) is 0.0545. The SMILES string of the molecule is COc1cc(OC2CCc3c(-c4cccc(NC(=O)c5nc6c(n5C)CCN(C)C6)c4Cl)cccc32)c(Cl)cc1CNC(CCCNC(=N)N)C(=O)O. The third-order valence-electron chi connectivity index (χ3n) is 9.83. The normalized spacial score (nSPS) is 15.7. The van der Waals surface area contributed by atoms with Gasteiger partial charge in [0.2, 0.25) is 0 Å². The summed E-state index contributed by atoms with van der Waals surface area (Å²) in [5.74, 6) is -0.138. The van der Waals surface area contributed by atoms with Crippen LogP contribution in [0.5, 0.6) is 11.5 Å². The molecular weight excluding hydrogens is 719 g/mol. The Balaban J connectivity index is 1.16. The first-order valence-corrected chi connectivity index (χ1v) is 18.2. The predicted molar refractivity (Wildman–Crippen MR) is 205 cm³/mol. The monoisotopic (exact) mass is 762 g/mol. The van der Waals surface area contributed by atoms with Crippen molar-refractivity contribution >= 4 is 46.7 Å². The number of carbonyl (C=O) groups is 2. The molecule has 0 radical (unpaired) electrons. The highest BCUT2D eigenvalue weighted by molar-refractivity contribution is 6.36. The molecule has 0 spiro atoms. The van der Waals surface area contributed by atoms with Crippen molar-refractivity contribution in [1.29, 1.82) is 5.41 Å². The number of hydrogen-bond donors (Lipinski definition) is 6. The van der Waals surface area contributed by atoms with E-state index in [0.717, 1.165) is 53.0 Å². The summed E-state index contributed by atoms with van der Waals surface area (Å²) in [6, 6.07) is 14.3. The Labute approximate surface area is 318 Å². The van der Waals surface area contributed by atoms with Crippen LogP contribution in [0.25, 0.3) is 11.1 Å². The molecule has 2 aliphatic rings. The second-order valence-corrected chi connectivity index (χ2v) is 14.1. The fraction of sp³-hybridized carbons (Fsp3) is 0.368. The standard InChI is InChI=1S/C38H44Cl2N8O5/c1-47-16-14-30-29(20-47)45-35(48(30)2)36(49)46-27-10-5-9-25(34(27)40)22-7-4-8-24-23(22)12-13-31(24)53-33-18-32(52-3)21(17-26(33)39)19-44-28(37(50)51)11-6-15-43-38(41)42/h4-5,7-10,17-18,28,31,44H,6,11-16,19-20H2,1-3H3,(H,46,49)(H,50,51)(H4,41,42,43). The van der Waals surface area contributed by atoms with Crippen LogP contribution in [0.3, 0.4) is 0 Å². The number of carboxylic acid groups (broad SMARTS) is 1. The third kappa shape index (κ3) is 8.38. The zero-order chi connectivity index (χ0) is 37.8. The van der Waals surface area contributed by atoms with Gasteiger partial charge in [-0.3, -0.25) is 15.0 Å². The van der Waals surface area contributed by atoms with E-state index in [4.69, 9.17) is 43.8 Å². The zero-order valence-electron chi connectivity index (χ0n) is 29.9. The average Bonchev–Trinajstić information content (AvgIpc) is 3.69. The average molecular weight is 764 g/mol. The van der Waals surface area contributed by atoms with Crippen LogP contribution < -0.4 is 31.2 Å². The number of amides is 1. The molecule has 0 saturated carbocycles. The van der Waals surface area contributed by atoms with Crippen LogP contribution >= 0.6 is 23.2 Å². The number of anilines is 1. The van der Waals surface area contributed by atoms with Gasteiger partial charge in [0, 0.05) is 62.5 Å². The summed E-state index contributed by atoms with van der Waals surface area (Å²) in [5.41, 5.74) is 12.4. The van der Waals surface area contributed by atoms with E-state index >= 15 is 0 Å². The highest BCUT2D eigenvalue weighted by atomic mass is 35.5. The van der Waals surface area contributed by atoms with Crippen molar-refractivity contribution in [3.05, 3.63) is 92.5 Å². The van der Waals surface area contributed by atoms with E-state index in [-0.39, 0.29) is 24.5 Å². The fourth-order valence-electron chi connectivity index (χ4n) is 7.09. The summed E-state index contributed by atoms with van der Waals surface area (Å²) in [6.45, 7) is 2.23. The van der Waals surface area contributed by atoms with E-state index in [2.05, 4.69) is 25.8 Å². The first-order chi connectivity index (χ1) is 25.4. The minimum atomic E-state index is -0.981. The summed E-state index contributed by atoms with van der Waals surface area (Å²) in [7, 11) is 5.46. The van der Waals surface area contributed by atoms with Gasteiger partial charge in [-0.15, -0.1) is 0 Å². The van der Waals surface area contributed by atoms with Crippen LogP contribution in [0.4, 0.5) is 5.69 Å². The summed E-state index contributed by atoms with van der Waals surface area (Å²) in [5, 5.41) is 26.5. The molecule has 2 unspecified atom stereocenters. The highest BCUT2D eigenvalue weighted by Gasteiger charge is 2.29. The van der Waals surface area contributed by atoms with Crippen LogP contribution in [-0.4, -0.2) is 70.7 Å². The lowest BCUT2D eigenvalue weighted by atomic mass is 9.96. The topological polar surface area (TPSA) is 180 Å². The Morgan fingerprint density at radius 1 is 1.11 bits per heavy atom. The van der Waals surface area contributed by atoms with Gasteiger partial charge in [-0.1, -0.05) is 53.5 Å². The first kappa shape index (κ1) is 37.9. The van der Waals surface area contributed by atoms with E-state index in [9.17, 15) is 14.7 Å². The van der Waals surface area contributed by atoms with Crippen LogP contribution in [-0.2, 0) is 37.8 Å². The van der Waals surface area contributed by atoms with E-state index in [0.29, 0.717) is 71.0 Å². The highest BCUT2D eigenvalue weighted by Crippen LogP contribution is 2.45. The number of halogens is 2. The number of guanidine groups is 1. The molecule has 6 rings (SSSR count). The van der Waals surface area contributed by atoms with E-state index < -0.39 is 12.0 Å². The largest absolute Gasteiger partial charge is 0.496 e. The van der Waals surface area contributed by atoms with Gasteiger partial charge in [0.15, 0.2) is 11.8 Å². The maximum Gasteiger partial charge on any atom is 0.320 e. The van der Waals surface area contributed by atoms with Crippen LogP contribution in [0.2, 0.25) is 10.0 Å². The Hall–Kier alpha value is -4.82. The number of aliphatic carboxylic acids is 1. The Morgan fingerprint density at radius 3 is 2.64 bits per heavy atom. The second kappa shape index (κ2) is 16.5. The molecule has 1 aliphatic heterocycles. The molecule has 1 amide bonds. The molecule has 4 aromatic rings. The Morgan fingerprint density at radius 2 is 1.89 bits per heavy atom. The third-order valence-corrected chi connectivity index (χ3v) is 10.5. The van der Waals surface area contributed by atoms with Gasteiger partial charge in [0.1, 0.15) is 23.6 Å². The number of nitrogens with zero attached hydrogens (tertiary/aromatic N) is 3. The maximum absolute atomic E-state index is 13.5. The van der Waals surface area contributed by atoms with Gasteiger partial charge in [-0.25, -0.2) is 4.98 Å². The Bertz CT molecular complexity index is 2040. The number of imidazole rings is 1. The predicted octanol–water partition coefficient (Wildman–Crippen LogP) is 5.52. The number of fused-ring (bicyclic) bond motifs is 2. The van der Waals surface area contributed by atoms with Crippen LogP contribution in [0.1, 0.15) is 64.1 Å². The van der Waals surface area contributed by atoms with Gasteiger partial charge in [0.25, 0.3) is 5.91 Å². The number of carbonyl (C=O) groups excluding carboxylic acids is 1. The minimum absolute atomic E-state index is 0.155. The molecule has 2 heterocycles. The molecular formula is C38H44Cl2N8O5. The van der Waals surface area contributed by atoms with Gasteiger partial charge >= 0.3 is 5.97 Å². The van der Waals surface area contributed by atoms with Crippen LogP contribution in [0.15, 0.2) is 48.5 Å². The van der Waals surface area contributed by atoms with Gasteiger partial charge in [-0.05, 0) is 61.6 Å². The number of likely N-dealkylation sites (N-methyl/N-ethyl adjacent to an activating group) is 1. The number of rotatable bonds is 14. The molecule has 280 valence electrons. The number of ether oxygens (including phenoxy) is 2. The zero-order valence-corrected chi connectivity index (χ0v) is 31.4. The Kier molecular flexibility index (Phi) is 11.8. The smallest absolute Gasteiger partial charge is 0.320 e. The number of hydrogen-bond acceptors (Lipinski definition) is 8. The van der Waals surface area contributed by atoms with Crippen molar-refractivity contribution in [2.75, 3.05) is 32.6 Å². The van der Waals surface area contributed by atoms with Crippen LogP contribution in [0, 0.1) is 5.41 Å². The van der Waals surface area contributed by atoms with Gasteiger partial charge in [0.05, 0.1) is 28.5 Å². The molecule has 3 aromatic carbocycles. The summed E-state index contributed by atoms with van der Waals surface area (Å²) < 4.78 is 14.0. The lowest BCUT2D eigenvalue weighted by Gasteiger charge is -2.21. The lowest BCUT2D eigenvalue weighted by molar-refractivity contribution is -0.139. The molecule has 1 aliphatic carbocycles. The molecule has 7 N–H and O–H groups in total. The molecule has 0 fully saturated rings. The van der Waals surface area contributed by atoms with E-state index in [1.807, 2.05) is 49.0 Å². The molecule has 15 heteroatoms. The number of aromatic nitrogens is 2. The summed E-state index contributed by atoms with van der Waals surface area (Å²) in [4.78, 5) is 32.2.